The number of anilines is 1. The maximum Gasteiger partial charge on any atom is 0.267 e. The van der Waals surface area contributed by atoms with Crippen molar-refractivity contribution in [2.45, 2.75) is 19.9 Å². The summed E-state index contributed by atoms with van der Waals surface area (Å²) in [6.45, 7) is 2.99. The van der Waals surface area contributed by atoms with E-state index in [1.165, 1.54) is 17.3 Å². The third kappa shape index (κ3) is 4.12. The van der Waals surface area contributed by atoms with Gasteiger partial charge in [0.1, 0.15) is 4.32 Å². The SMILES string of the molecule is Cc1ccc(CN2C(=O)/C(=C3\SC(=S)N(CCc4ccccc4)C3=O)c3ccccc32)cc1. The van der Waals surface area contributed by atoms with Crippen molar-refractivity contribution in [1.29, 1.82) is 0 Å². The second-order valence-corrected chi connectivity index (χ2v) is 9.80. The molecule has 164 valence electrons. The summed E-state index contributed by atoms with van der Waals surface area (Å²) in [5.74, 6) is -0.336. The number of hydrogen-bond acceptors (Lipinski definition) is 4. The Morgan fingerprint density at radius 1 is 0.788 bits per heavy atom. The second-order valence-electron chi connectivity index (χ2n) is 8.16. The number of fused-ring (bicyclic) bond motifs is 1. The summed E-state index contributed by atoms with van der Waals surface area (Å²) in [5, 5.41) is 0. The minimum atomic E-state index is -0.184. The summed E-state index contributed by atoms with van der Waals surface area (Å²) < 4.78 is 0.501. The highest BCUT2D eigenvalue weighted by molar-refractivity contribution is 8.26. The first-order valence-electron chi connectivity index (χ1n) is 10.8. The van der Waals surface area contributed by atoms with E-state index in [1.54, 1.807) is 9.80 Å². The van der Waals surface area contributed by atoms with Crippen molar-refractivity contribution in [3.8, 4) is 0 Å². The Bertz CT molecular complexity index is 1280. The molecule has 0 spiro atoms. The van der Waals surface area contributed by atoms with Crippen LogP contribution in [-0.2, 0) is 22.6 Å². The molecular formula is C27H22N2O2S2. The predicted molar refractivity (Wildman–Crippen MR) is 138 cm³/mol. The number of carbonyl (C=O) groups excluding carboxylic acids is 2. The number of para-hydroxylation sites is 1. The molecule has 2 aliphatic rings. The highest BCUT2D eigenvalue weighted by atomic mass is 32.2. The van der Waals surface area contributed by atoms with Gasteiger partial charge in [0.2, 0.25) is 0 Å². The molecule has 2 heterocycles. The van der Waals surface area contributed by atoms with Gasteiger partial charge < -0.3 is 4.90 Å². The van der Waals surface area contributed by atoms with Gasteiger partial charge in [-0.25, -0.2) is 0 Å². The van der Waals surface area contributed by atoms with Crippen molar-refractivity contribution < 1.29 is 9.59 Å². The molecular weight excluding hydrogens is 448 g/mol. The molecule has 1 saturated heterocycles. The van der Waals surface area contributed by atoms with Gasteiger partial charge in [-0.1, -0.05) is 102 Å². The van der Waals surface area contributed by atoms with Crippen LogP contribution < -0.4 is 4.90 Å². The predicted octanol–water partition coefficient (Wildman–Crippen LogP) is 5.36. The second kappa shape index (κ2) is 8.96. The fourth-order valence-electron chi connectivity index (χ4n) is 4.16. The molecule has 2 aliphatic heterocycles. The van der Waals surface area contributed by atoms with E-state index in [0.29, 0.717) is 34.3 Å². The van der Waals surface area contributed by atoms with Crippen LogP contribution in [0.2, 0.25) is 0 Å². The van der Waals surface area contributed by atoms with Crippen molar-refractivity contribution >= 4 is 51.4 Å². The highest BCUT2D eigenvalue weighted by Crippen LogP contribution is 2.45. The fourth-order valence-corrected chi connectivity index (χ4v) is 5.54. The van der Waals surface area contributed by atoms with Crippen LogP contribution in [0, 0.1) is 6.92 Å². The first-order valence-corrected chi connectivity index (χ1v) is 12.0. The van der Waals surface area contributed by atoms with Gasteiger partial charge in [-0.15, -0.1) is 0 Å². The van der Waals surface area contributed by atoms with Gasteiger partial charge in [-0.05, 0) is 30.5 Å². The molecule has 0 bridgehead atoms. The normalized spacial score (nSPS) is 17.8. The quantitative estimate of drug-likeness (QED) is 0.372. The maximum atomic E-state index is 13.6. The van der Waals surface area contributed by atoms with Gasteiger partial charge in [0, 0.05) is 12.1 Å². The zero-order chi connectivity index (χ0) is 22.9. The molecule has 0 radical (unpaired) electrons. The smallest absolute Gasteiger partial charge is 0.267 e. The Balaban J connectivity index is 1.45. The van der Waals surface area contributed by atoms with E-state index in [4.69, 9.17) is 12.2 Å². The highest BCUT2D eigenvalue weighted by Gasteiger charge is 2.41. The number of aryl methyl sites for hydroxylation is 1. The molecule has 5 rings (SSSR count). The third-order valence-corrected chi connectivity index (χ3v) is 7.38. The summed E-state index contributed by atoms with van der Waals surface area (Å²) in [6, 6.07) is 25.8. The number of thiocarbonyl (C=S) groups is 1. The van der Waals surface area contributed by atoms with Gasteiger partial charge in [0.15, 0.2) is 0 Å². The molecule has 1 fully saturated rings. The number of amides is 2. The molecule has 0 atom stereocenters. The van der Waals surface area contributed by atoms with E-state index >= 15 is 0 Å². The molecule has 0 unspecified atom stereocenters. The monoisotopic (exact) mass is 470 g/mol. The van der Waals surface area contributed by atoms with Crippen LogP contribution in [0.15, 0.2) is 83.8 Å². The molecule has 4 nitrogen and oxygen atoms in total. The Hall–Kier alpha value is -3.22. The van der Waals surface area contributed by atoms with E-state index in [0.717, 1.165) is 22.4 Å². The standard InChI is InChI=1S/C27H22N2O2S2/c1-18-11-13-20(14-12-18)17-29-22-10-6-5-9-21(22)23(25(29)30)24-26(31)28(27(32)33-24)16-15-19-7-3-2-4-8-19/h2-14H,15-17H2,1H3/b24-23-. The van der Waals surface area contributed by atoms with Gasteiger partial charge >= 0.3 is 0 Å². The molecule has 6 heteroatoms. The minimum Gasteiger partial charge on any atom is -0.303 e. The molecule has 0 saturated carbocycles. The van der Waals surface area contributed by atoms with E-state index in [9.17, 15) is 9.59 Å². The summed E-state index contributed by atoms with van der Waals surface area (Å²) in [7, 11) is 0. The molecule has 33 heavy (non-hydrogen) atoms. The zero-order valence-electron chi connectivity index (χ0n) is 18.2. The molecule has 0 aliphatic carbocycles. The van der Waals surface area contributed by atoms with Gasteiger partial charge in [0.25, 0.3) is 11.8 Å². The molecule has 3 aromatic rings. The van der Waals surface area contributed by atoms with E-state index in [2.05, 4.69) is 0 Å². The lowest BCUT2D eigenvalue weighted by molar-refractivity contribution is -0.122. The zero-order valence-corrected chi connectivity index (χ0v) is 19.8. The van der Waals surface area contributed by atoms with Crippen molar-refractivity contribution in [2.24, 2.45) is 0 Å². The van der Waals surface area contributed by atoms with Gasteiger partial charge in [0.05, 0.1) is 22.7 Å². The first-order chi connectivity index (χ1) is 16.0. The Morgan fingerprint density at radius 2 is 1.48 bits per heavy atom. The van der Waals surface area contributed by atoms with Crippen LogP contribution in [0.1, 0.15) is 22.3 Å². The Morgan fingerprint density at radius 3 is 2.24 bits per heavy atom. The maximum absolute atomic E-state index is 13.6. The topological polar surface area (TPSA) is 40.6 Å². The number of hydrogen-bond donors (Lipinski definition) is 0. The Labute approximate surface area is 202 Å². The van der Waals surface area contributed by atoms with Gasteiger partial charge in [-0.2, -0.15) is 0 Å². The fraction of sp³-hybridized carbons (Fsp3) is 0.148. The van der Waals surface area contributed by atoms with E-state index < -0.39 is 0 Å². The van der Waals surface area contributed by atoms with Crippen molar-refractivity contribution in [2.75, 3.05) is 11.4 Å². The van der Waals surface area contributed by atoms with Crippen LogP contribution >= 0.6 is 24.0 Å². The van der Waals surface area contributed by atoms with E-state index in [-0.39, 0.29) is 11.8 Å². The first kappa shape index (κ1) is 21.6. The number of nitrogens with zero attached hydrogens (tertiary/aromatic N) is 2. The van der Waals surface area contributed by atoms with Crippen molar-refractivity contribution in [3.63, 3.8) is 0 Å². The third-order valence-electron chi connectivity index (χ3n) is 5.93. The van der Waals surface area contributed by atoms with Crippen LogP contribution in [0.25, 0.3) is 5.57 Å². The molecule has 3 aromatic carbocycles. The van der Waals surface area contributed by atoms with Crippen LogP contribution in [0.3, 0.4) is 0 Å². The van der Waals surface area contributed by atoms with Gasteiger partial charge in [-0.3, -0.25) is 14.5 Å². The van der Waals surface area contributed by atoms with Crippen molar-refractivity contribution in [1.82, 2.24) is 4.90 Å². The summed E-state index contributed by atoms with van der Waals surface area (Å²) in [5.41, 5.74) is 5.43. The number of carbonyl (C=O) groups is 2. The van der Waals surface area contributed by atoms with Crippen LogP contribution in [0.5, 0.6) is 0 Å². The number of thioether (sulfide) groups is 1. The summed E-state index contributed by atoms with van der Waals surface area (Å²) in [6.07, 6.45) is 0.708. The molecule has 0 N–H and O–H groups in total. The largest absolute Gasteiger partial charge is 0.303 e. The molecule has 0 aromatic heterocycles. The summed E-state index contributed by atoms with van der Waals surface area (Å²) >= 11 is 6.77. The van der Waals surface area contributed by atoms with E-state index in [1.807, 2.05) is 85.8 Å². The lowest BCUT2D eigenvalue weighted by Gasteiger charge is -2.17. The molecule has 2 amide bonds. The van der Waals surface area contributed by atoms with Crippen LogP contribution in [0.4, 0.5) is 5.69 Å². The minimum absolute atomic E-state index is 0.152. The Kier molecular flexibility index (Phi) is 5.87. The lowest BCUT2D eigenvalue weighted by atomic mass is 10.1. The number of benzene rings is 3. The van der Waals surface area contributed by atoms with Crippen molar-refractivity contribution in [3.05, 3.63) is 106 Å². The average Bonchev–Trinajstić information content (AvgIpc) is 3.26. The lowest BCUT2D eigenvalue weighted by Crippen LogP contribution is -2.31. The van der Waals surface area contributed by atoms with Crippen LogP contribution in [-0.4, -0.2) is 27.6 Å². The average molecular weight is 471 g/mol. The summed E-state index contributed by atoms with van der Waals surface area (Å²) in [4.78, 5) is 30.8. The number of rotatable bonds is 5.